The number of azide groups is 1. The lowest BCUT2D eigenvalue weighted by molar-refractivity contribution is 0.499. The van der Waals surface area contributed by atoms with E-state index in [0.29, 0.717) is 0 Å². The van der Waals surface area contributed by atoms with Crippen LogP contribution >= 0.6 is 0 Å². The fourth-order valence-electron chi connectivity index (χ4n) is 0.957. The summed E-state index contributed by atoms with van der Waals surface area (Å²) in [5.41, 5.74) is 8.19. The molecule has 0 amide bonds. The van der Waals surface area contributed by atoms with Gasteiger partial charge >= 0.3 is 0 Å². The van der Waals surface area contributed by atoms with Crippen molar-refractivity contribution in [1.29, 1.82) is 0 Å². The fourth-order valence-corrected chi connectivity index (χ4v) is 0.957. The van der Waals surface area contributed by atoms with Crippen molar-refractivity contribution in [3.8, 4) is 0 Å². The maximum absolute atomic E-state index is 12.9. The predicted molar refractivity (Wildman–Crippen MR) is 44.1 cm³/mol. The first kappa shape index (κ1) is 9.48. The van der Waals surface area contributed by atoms with Crippen LogP contribution < -0.4 is 0 Å². The zero-order valence-electron chi connectivity index (χ0n) is 6.74. The van der Waals surface area contributed by atoms with Crippen molar-refractivity contribution < 1.29 is 8.78 Å². The van der Waals surface area contributed by atoms with Crippen LogP contribution in [0.3, 0.4) is 0 Å². The van der Waals surface area contributed by atoms with Gasteiger partial charge in [0.05, 0.1) is 0 Å². The van der Waals surface area contributed by atoms with Gasteiger partial charge in [0.2, 0.25) is 0 Å². The van der Waals surface area contributed by atoms with Gasteiger partial charge in [-0.05, 0) is 23.6 Å². The fraction of sp³-hybridized carbons (Fsp3) is 0.250. The van der Waals surface area contributed by atoms with Gasteiger partial charge in [-0.3, -0.25) is 0 Å². The third kappa shape index (κ3) is 2.42. The molecule has 3 nitrogen and oxygen atoms in total. The Balaban J connectivity index is 2.76. The summed E-state index contributed by atoms with van der Waals surface area (Å²) < 4.78 is 25.5. The number of rotatable bonds is 3. The van der Waals surface area contributed by atoms with Crippen LogP contribution in [0.1, 0.15) is 5.56 Å². The molecule has 0 fully saturated rings. The van der Waals surface area contributed by atoms with Gasteiger partial charge in [0, 0.05) is 11.5 Å². The average molecular weight is 183 g/mol. The van der Waals surface area contributed by atoms with Crippen LogP contribution in [-0.4, -0.2) is 6.54 Å². The van der Waals surface area contributed by atoms with Gasteiger partial charge < -0.3 is 0 Å². The summed E-state index contributed by atoms with van der Waals surface area (Å²) in [6.45, 7) is 0.136. The van der Waals surface area contributed by atoms with E-state index in [2.05, 4.69) is 10.0 Å². The molecule has 0 aliphatic carbocycles. The summed E-state index contributed by atoms with van der Waals surface area (Å²) in [5.74, 6) is -1.74. The molecule has 0 saturated heterocycles. The first-order valence-corrected chi connectivity index (χ1v) is 3.69. The van der Waals surface area contributed by atoms with Crippen LogP contribution in [0, 0.1) is 11.6 Å². The van der Waals surface area contributed by atoms with Crippen LogP contribution in [0.5, 0.6) is 0 Å². The lowest BCUT2D eigenvalue weighted by Gasteiger charge is -2.00. The Hall–Kier alpha value is -1.61. The highest BCUT2D eigenvalue weighted by Gasteiger charge is 2.05. The molecular weight excluding hydrogens is 176 g/mol. The minimum Gasteiger partial charge on any atom is -0.204 e. The molecule has 0 saturated carbocycles. The largest absolute Gasteiger partial charge is 0.204 e. The van der Waals surface area contributed by atoms with Crippen LogP contribution in [0.15, 0.2) is 23.3 Å². The molecule has 68 valence electrons. The molecule has 5 heteroatoms. The number of hydrogen-bond acceptors (Lipinski definition) is 1. The second-order valence-electron chi connectivity index (χ2n) is 2.42. The predicted octanol–water partition coefficient (Wildman–Crippen LogP) is 2.82. The molecule has 1 rings (SSSR count). The minimum absolute atomic E-state index is 0.136. The number of halogens is 2. The van der Waals surface area contributed by atoms with E-state index < -0.39 is 11.6 Å². The van der Waals surface area contributed by atoms with Gasteiger partial charge in [-0.2, -0.15) is 0 Å². The molecular formula is C8H7F2N3. The summed E-state index contributed by atoms with van der Waals surface area (Å²) in [7, 11) is 0. The second kappa shape index (κ2) is 4.42. The van der Waals surface area contributed by atoms with Gasteiger partial charge in [0.15, 0.2) is 11.6 Å². The van der Waals surface area contributed by atoms with Gasteiger partial charge in [0.1, 0.15) is 0 Å². The highest BCUT2D eigenvalue weighted by Crippen LogP contribution is 2.11. The SMILES string of the molecule is [N-]=[N+]=NCCc1cccc(F)c1F. The highest BCUT2D eigenvalue weighted by atomic mass is 19.2. The van der Waals surface area contributed by atoms with Crippen LogP contribution in [-0.2, 0) is 6.42 Å². The Bertz CT molecular complexity index is 345. The molecule has 0 N–H and O–H groups in total. The highest BCUT2D eigenvalue weighted by molar-refractivity contribution is 5.19. The van der Waals surface area contributed by atoms with Crippen LogP contribution in [0.25, 0.3) is 10.4 Å². The van der Waals surface area contributed by atoms with Crippen molar-refractivity contribution >= 4 is 0 Å². The quantitative estimate of drug-likeness (QED) is 0.393. The van der Waals surface area contributed by atoms with E-state index in [1.165, 1.54) is 12.1 Å². The average Bonchev–Trinajstić information content (AvgIpc) is 2.13. The minimum atomic E-state index is -0.876. The summed E-state index contributed by atoms with van der Waals surface area (Å²) in [6, 6.07) is 3.93. The first-order valence-electron chi connectivity index (χ1n) is 3.69. The Morgan fingerprint density at radius 1 is 1.38 bits per heavy atom. The maximum atomic E-state index is 12.9. The summed E-state index contributed by atoms with van der Waals surface area (Å²) in [5, 5.41) is 3.23. The van der Waals surface area contributed by atoms with Crippen LogP contribution in [0.2, 0.25) is 0 Å². The Kier molecular flexibility index (Phi) is 3.23. The number of hydrogen-bond donors (Lipinski definition) is 0. The van der Waals surface area contributed by atoms with E-state index in [0.717, 1.165) is 6.07 Å². The van der Waals surface area contributed by atoms with Crippen molar-refractivity contribution in [3.63, 3.8) is 0 Å². The van der Waals surface area contributed by atoms with E-state index in [-0.39, 0.29) is 18.5 Å². The summed E-state index contributed by atoms with van der Waals surface area (Å²) in [4.78, 5) is 2.51. The third-order valence-corrected chi connectivity index (χ3v) is 1.58. The maximum Gasteiger partial charge on any atom is 0.162 e. The van der Waals surface area contributed by atoms with E-state index in [9.17, 15) is 8.78 Å². The van der Waals surface area contributed by atoms with Gasteiger partial charge in [0.25, 0.3) is 0 Å². The lowest BCUT2D eigenvalue weighted by Crippen LogP contribution is -1.95. The van der Waals surface area contributed by atoms with Crippen LogP contribution in [0.4, 0.5) is 8.78 Å². The molecule has 0 aliphatic rings. The lowest BCUT2D eigenvalue weighted by atomic mass is 10.1. The normalized spacial score (nSPS) is 9.38. The van der Waals surface area contributed by atoms with Crippen molar-refractivity contribution in [2.24, 2.45) is 5.11 Å². The van der Waals surface area contributed by atoms with Gasteiger partial charge in [-0.1, -0.05) is 17.2 Å². The molecule has 0 unspecified atom stereocenters. The van der Waals surface area contributed by atoms with Crippen molar-refractivity contribution in [1.82, 2.24) is 0 Å². The Morgan fingerprint density at radius 3 is 2.85 bits per heavy atom. The van der Waals surface area contributed by atoms with Crippen molar-refractivity contribution in [2.75, 3.05) is 6.54 Å². The standard InChI is InChI=1S/C8H7F2N3/c9-7-3-1-2-6(8(7)10)4-5-12-13-11/h1-3H,4-5H2. The molecule has 0 bridgehead atoms. The summed E-state index contributed by atoms with van der Waals surface area (Å²) in [6.07, 6.45) is 0.216. The molecule has 0 aromatic heterocycles. The molecule has 1 aromatic rings. The molecule has 0 spiro atoms. The van der Waals surface area contributed by atoms with E-state index in [4.69, 9.17) is 5.53 Å². The zero-order chi connectivity index (χ0) is 9.68. The van der Waals surface area contributed by atoms with Crippen molar-refractivity contribution in [3.05, 3.63) is 45.8 Å². The molecule has 0 atom stereocenters. The second-order valence-corrected chi connectivity index (χ2v) is 2.42. The number of benzene rings is 1. The third-order valence-electron chi connectivity index (χ3n) is 1.58. The topological polar surface area (TPSA) is 48.8 Å². The number of nitrogens with zero attached hydrogens (tertiary/aromatic N) is 3. The van der Waals surface area contributed by atoms with E-state index in [1.807, 2.05) is 0 Å². The molecule has 0 radical (unpaired) electrons. The van der Waals surface area contributed by atoms with Crippen molar-refractivity contribution in [2.45, 2.75) is 6.42 Å². The first-order chi connectivity index (χ1) is 6.25. The molecule has 1 aromatic carbocycles. The van der Waals surface area contributed by atoms with E-state index in [1.54, 1.807) is 0 Å². The Labute approximate surface area is 73.6 Å². The Morgan fingerprint density at radius 2 is 2.15 bits per heavy atom. The van der Waals surface area contributed by atoms with Gasteiger partial charge in [-0.15, -0.1) is 0 Å². The molecule has 0 heterocycles. The van der Waals surface area contributed by atoms with E-state index >= 15 is 0 Å². The zero-order valence-corrected chi connectivity index (χ0v) is 6.74. The monoisotopic (exact) mass is 183 g/mol. The molecule has 0 aliphatic heterocycles. The smallest absolute Gasteiger partial charge is 0.162 e. The summed E-state index contributed by atoms with van der Waals surface area (Å²) >= 11 is 0. The van der Waals surface area contributed by atoms with Gasteiger partial charge in [-0.25, -0.2) is 8.78 Å². The molecule has 13 heavy (non-hydrogen) atoms.